The largest absolute Gasteiger partial charge is 0.416 e. The van der Waals surface area contributed by atoms with Gasteiger partial charge in [0.05, 0.1) is 17.7 Å². The monoisotopic (exact) mass is 385 g/mol. The second kappa shape index (κ2) is 8.33. The van der Waals surface area contributed by atoms with Gasteiger partial charge in [0.1, 0.15) is 0 Å². The van der Waals surface area contributed by atoms with Crippen molar-refractivity contribution in [2.24, 2.45) is 5.41 Å². The lowest BCUT2D eigenvalue weighted by atomic mass is 9.81. The number of allylic oxidation sites excluding steroid dienone is 5. The van der Waals surface area contributed by atoms with Crippen molar-refractivity contribution in [1.82, 2.24) is 0 Å². The van der Waals surface area contributed by atoms with Crippen molar-refractivity contribution in [2.45, 2.75) is 50.6 Å². The Labute approximate surface area is 156 Å². The second-order valence-electron chi connectivity index (χ2n) is 7.01. The fraction of sp³-hybridized carbons (Fsp3) is 0.400. The van der Waals surface area contributed by atoms with E-state index in [4.69, 9.17) is 0 Å². The summed E-state index contributed by atoms with van der Waals surface area (Å²) in [7, 11) is 0. The summed E-state index contributed by atoms with van der Waals surface area (Å²) in [5.74, 6) is 0. The Hall–Kier alpha value is -1.69. The number of hydrogen-bond donors (Lipinski definition) is 1. The molecule has 0 spiro atoms. The Bertz CT molecular complexity index is 700. The molecule has 1 N–H and O–H groups in total. The lowest BCUT2D eigenvalue weighted by Crippen LogP contribution is -2.22. The maximum Gasteiger partial charge on any atom is 0.416 e. The van der Waals surface area contributed by atoms with Gasteiger partial charge in [-0.1, -0.05) is 32.6 Å². The lowest BCUT2D eigenvalue weighted by Gasteiger charge is -2.30. The van der Waals surface area contributed by atoms with Gasteiger partial charge in [-0.25, -0.2) is 0 Å². The number of benzene rings is 1. The first-order valence-corrected chi connectivity index (χ1v) is 9.17. The summed E-state index contributed by atoms with van der Waals surface area (Å²) in [4.78, 5) is 0.510. The van der Waals surface area contributed by atoms with Crippen molar-refractivity contribution in [1.29, 1.82) is 0 Å². The number of alkyl halides is 3. The van der Waals surface area contributed by atoms with E-state index in [1.165, 1.54) is 6.08 Å². The summed E-state index contributed by atoms with van der Waals surface area (Å²) >= 11 is 0.174. The van der Waals surface area contributed by atoms with Gasteiger partial charge in [-0.2, -0.15) is 17.1 Å². The van der Waals surface area contributed by atoms with Crippen LogP contribution in [-0.4, -0.2) is 6.18 Å². The normalized spacial score (nSPS) is 15.3. The standard InChI is InChI=1S/C20H23F4NS/c1-14(25-16-8-10-17(26-24)11-9-16)19(2,3)13-12-15-6-4-5-7-18(15)20(21,22)23/h6-11,25H,1,4-5,12-13H2,2-3H3. The zero-order valence-corrected chi connectivity index (χ0v) is 15.7. The number of hydrogen-bond acceptors (Lipinski definition) is 2. The van der Waals surface area contributed by atoms with Gasteiger partial charge in [0.2, 0.25) is 0 Å². The molecule has 1 nitrogen and oxygen atoms in total. The first-order chi connectivity index (χ1) is 12.1. The highest BCUT2D eigenvalue weighted by Crippen LogP contribution is 2.40. The van der Waals surface area contributed by atoms with Crippen molar-refractivity contribution in [3.05, 3.63) is 59.8 Å². The first kappa shape index (κ1) is 20.6. The highest BCUT2D eigenvalue weighted by Gasteiger charge is 2.36. The van der Waals surface area contributed by atoms with Crippen LogP contribution in [-0.2, 0) is 0 Å². The molecule has 2 rings (SSSR count). The van der Waals surface area contributed by atoms with Crippen LogP contribution in [0.2, 0.25) is 0 Å². The van der Waals surface area contributed by atoms with Crippen molar-refractivity contribution in [2.75, 3.05) is 5.32 Å². The number of anilines is 1. The fourth-order valence-electron chi connectivity index (χ4n) is 2.79. The Morgan fingerprint density at radius 3 is 2.31 bits per heavy atom. The molecule has 0 fully saturated rings. The molecule has 26 heavy (non-hydrogen) atoms. The summed E-state index contributed by atoms with van der Waals surface area (Å²) in [5, 5.41) is 3.18. The number of nitrogens with one attached hydrogen (secondary N) is 1. The minimum Gasteiger partial charge on any atom is -0.359 e. The predicted molar refractivity (Wildman–Crippen MR) is 101 cm³/mol. The summed E-state index contributed by atoms with van der Waals surface area (Å²) in [6.07, 6.45) is 0.647. The van der Waals surface area contributed by atoms with Crippen LogP contribution in [0.15, 0.2) is 64.7 Å². The van der Waals surface area contributed by atoms with E-state index in [2.05, 4.69) is 11.9 Å². The lowest BCUT2D eigenvalue weighted by molar-refractivity contribution is -0.0901. The van der Waals surface area contributed by atoms with Crippen LogP contribution in [0.3, 0.4) is 0 Å². The van der Waals surface area contributed by atoms with Crippen LogP contribution < -0.4 is 5.32 Å². The van der Waals surface area contributed by atoms with Crippen LogP contribution in [0, 0.1) is 5.41 Å². The van der Waals surface area contributed by atoms with Gasteiger partial charge in [-0.15, -0.1) is 0 Å². The summed E-state index contributed by atoms with van der Waals surface area (Å²) in [6, 6.07) is 6.80. The average Bonchev–Trinajstić information content (AvgIpc) is 2.60. The molecule has 0 unspecified atom stereocenters. The van der Waals surface area contributed by atoms with Gasteiger partial charge >= 0.3 is 6.18 Å². The van der Waals surface area contributed by atoms with Gasteiger partial charge in [0, 0.05) is 21.7 Å². The second-order valence-corrected chi connectivity index (χ2v) is 7.64. The van der Waals surface area contributed by atoms with Crippen LogP contribution >= 0.6 is 12.1 Å². The highest BCUT2D eigenvalue weighted by molar-refractivity contribution is 7.94. The van der Waals surface area contributed by atoms with Gasteiger partial charge in [0.15, 0.2) is 0 Å². The van der Waals surface area contributed by atoms with Crippen molar-refractivity contribution < 1.29 is 17.1 Å². The smallest absolute Gasteiger partial charge is 0.359 e. The third-order valence-corrected chi connectivity index (χ3v) is 5.08. The SMILES string of the molecule is C=C(Nc1ccc(SF)cc1)C(C)(C)CCC1=CCCC=C1C(F)(F)F. The molecule has 142 valence electrons. The van der Waals surface area contributed by atoms with Crippen molar-refractivity contribution in [3.8, 4) is 0 Å². The van der Waals surface area contributed by atoms with E-state index in [-0.39, 0.29) is 12.1 Å². The van der Waals surface area contributed by atoms with Gasteiger partial charge in [-0.3, -0.25) is 0 Å². The average molecular weight is 385 g/mol. The third kappa shape index (κ3) is 5.40. The topological polar surface area (TPSA) is 12.0 Å². The molecule has 0 bridgehead atoms. The van der Waals surface area contributed by atoms with Crippen molar-refractivity contribution >= 4 is 17.8 Å². The quantitative estimate of drug-likeness (QED) is 0.485. The van der Waals surface area contributed by atoms with Gasteiger partial charge < -0.3 is 5.32 Å². The van der Waals surface area contributed by atoms with E-state index in [0.717, 1.165) is 5.69 Å². The third-order valence-electron chi connectivity index (χ3n) is 4.63. The van der Waals surface area contributed by atoms with E-state index in [1.54, 1.807) is 30.3 Å². The first-order valence-electron chi connectivity index (χ1n) is 8.45. The molecule has 1 aliphatic rings. The molecule has 1 aromatic carbocycles. The Morgan fingerprint density at radius 2 is 1.73 bits per heavy atom. The molecule has 0 atom stereocenters. The summed E-state index contributed by atoms with van der Waals surface area (Å²) in [5.41, 5.74) is 0.954. The maximum absolute atomic E-state index is 13.2. The molecule has 6 heteroatoms. The molecule has 0 saturated heterocycles. The Morgan fingerprint density at radius 1 is 1.12 bits per heavy atom. The predicted octanol–water partition coefficient (Wildman–Crippen LogP) is 7.60. The zero-order chi connectivity index (χ0) is 19.4. The minimum atomic E-state index is -4.30. The van der Waals surface area contributed by atoms with Crippen LogP contribution in [0.5, 0.6) is 0 Å². The summed E-state index contributed by atoms with van der Waals surface area (Å²) < 4.78 is 51.9. The molecule has 0 heterocycles. The van der Waals surface area contributed by atoms with E-state index in [9.17, 15) is 17.1 Å². The molecule has 1 aromatic rings. The van der Waals surface area contributed by atoms with Crippen LogP contribution in [0.1, 0.15) is 39.5 Å². The molecule has 1 aliphatic carbocycles. The molecule has 0 radical (unpaired) electrons. The molecule has 0 saturated carbocycles. The van der Waals surface area contributed by atoms with Gasteiger partial charge in [0.25, 0.3) is 0 Å². The number of halogens is 4. The van der Waals surface area contributed by atoms with E-state index < -0.39 is 17.2 Å². The molecular formula is C20H23F4NS. The van der Waals surface area contributed by atoms with E-state index in [1.807, 2.05) is 13.8 Å². The molecule has 0 aliphatic heterocycles. The molecule has 0 amide bonds. The maximum atomic E-state index is 13.2. The van der Waals surface area contributed by atoms with E-state index >= 15 is 0 Å². The highest BCUT2D eigenvalue weighted by atomic mass is 32.2. The van der Waals surface area contributed by atoms with E-state index in [0.29, 0.717) is 41.8 Å². The van der Waals surface area contributed by atoms with Crippen LogP contribution in [0.4, 0.5) is 22.7 Å². The minimum absolute atomic E-state index is 0.174. The number of rotatable bonds is 7. The fourth-order valence-corrected chi connectivity index (χ4v) is 3.03. The zero-order valence-electron chi connectivity index (χ0n) is 14.9. The van der Waals surface area contributed by atoms with Gasteiger partial charge in [-0.05, 0) is 55.5 Å². The molecular weight excluding hydrogens is 362 g/mol. The van der Waals surface area contributed by atoms with Crippen LogP contribution in [0.25, 0.3) is 0 Å². The summed E-state index contributed by atoms with van der Waals surface area (Å²) in [6.45, 7) is 7.95. The van der Waals surface area contributed by atoms with Crippen molar-refractivity contribution in [3.63, 3.8) is 0 Å². The molecule has 0 aromatic heterocycles. The Kier molecular flexibility index (Phi) is 6.61. The Balaban J connectivity index is 1.99.